The van der Waals surface area contributed by atoms with Crippen molar-refractivity contribution in [3.63, 3.8) is 0 Å². The van der Waals surface area contributed by atoms with E-state index >= 15 is 0 Å². The molecule has 1 atom stereocenters. The Hall–Kier alpha value is -1.47. The maximum absolute atomic E-state index is 13.1. The molecule has 0 N–H and O–H groups in total. The lowest BCUT2D eigenvalue weighted by molar-refractivity contribution is -0.0543. The van der Waals surface area contributed by atoms with Gasteiger partial charge in [-0.25, -0.2) is 4.68 Å². The van der Waals surface area contributed by atoms with Crippen LogP contribution in [-0.2, 0) is 24.3 Å². The number of halogens is 2. The second kappa shape index (κ2) is 6.60. The van der Waals surface area contributed by atoms with E-state index in [-0.39, 0.29) is 17.7 Å². The van der Waals surface area contributed by atoms with E-state index in [1.165, 1.54) is 16.0 Å². The van der Waals surface area contributed by atoms with Crippen LogP contribution in [0.25, 0.3) is 10.2 Å². The average molecular weight is 410 g/mol. The Labute approximate surface area is 164 Å². The van der Waals surface area contributed by atoms with E-state index in [4.69, 9.17) is 27.9 Å². The van der Waals surface area contributed by atoms with E-state index in [0.717, 1.165) is 22.4 Å². The lowest BCUT2D eigenvalue weighted by Crippen LogP contribution is -2.34. The highest BCUT2D eigenvalue weighted by atomic mass is 35.5. The van der Waals surface area contributed by atoms with Crippen LogP contribution < -0.4 is 5.56 Å². The summed E-state index contributed by atoms with van der Waals surface area (Å²) in [6, 6.07) is 5.20. The van der Waals surface area contributed by atoms with Crippen molar-refractivity contribution >= 4 is 44.8 Å². The van der Waals surface area contributed by atoms with Crippen LogP contribution in [-0.4, -0.2) is 20.6 Å². The molecule has 0 spiro atoms. The van der Waals surface area contributed by atoms with Gasteiger partial charge in [0.15, 0.2) is 4.83 Å². The normalized spacial score (nSPS) is 19.7. The molecule has 0 bridgehead atoms. The molecule has 3 heterocycles. The van der Waals surface area contributed by atoms with Crippen molar-refractivity contribution in [1.29, 1.82) is 0 Å². The fourth-order valence-electron chi connectivity index (χ4n) is 3.16. The second-order valence-corrected chi connectivity index (χ2v) is 8.67. The molecule has 0 amide bonds. The van der Waals surface area contributed by atoms with Gasteiger partial charge in [-0.05, 0) is 36.6 Å². The quantitative estimate of drug-likeness (QED) is 0.640. The number of nitrogens with zero attached hydrogens (tertiary/aromatic N) is 3. The average Bonchev–Trinajstić information content (AvgIpc) is 2.97. The first-order chi connectivity index (χ1) is 12.4. The summed E-state index contributed by atoms with van der Waals surface area (Å²) in [6.07, 6.45) is 1.60. The van der Waals surface area contributed by atoms with Crippen LogP contribution in [0.2, 0.25) is 10.0 Å². The Balaban J connectivity index is 1.80. The van der Waals surface area contributed by atoms with Gasteiger partial charge in [0.2, 0.25) is 0 Å². The zero-order valence-corrected chi connectivity index (χ0v) is 16.7. The smallest absolute Gasteiger partial charge is 0.279 e. The van der Waals surface area contributed by atoms with Crippen molar-refractivity contribution in [1.82, 2.24) is 15.0 Å². The summed E-state index contributed by atoms with van der Waals surface area (Å²) in [5, 5.41) is 10.1. The van der Waals surface area contributed by atoms with Crippen molar-refractivity contribution in [2.45, 2.75) is 45.4 Å². The monoisotopic (exact) mass is 409 g/mol. The number of ether oxygens (including phenoxy) is 1. The van der Waals surface area contributed by atoms with Gasteiger partial charge in [0, 0.05) is 21.3 Å². The Bertz CT molecular complexity index is 1060. The van der Waals surface area contributed by atoms with Gasteiger partial charge in [0.1, 0.15) is 0 Å². The molecule has 4 rings (SSSR count). The first-order valence-electron chi connectivity index (χ1n) is 8.36. The Morgan fingerprint density at radius 1 is 1.38 bits per heavy atom. The van der Waals surface area contributed by atoms with Crippen LogP contribution in [0.3, 0.4) is 0 Å². The molecule has 8 heteroatoms. The fourth-order valence-corrected chi connectivity index (χ4v) is 4.67. The van der Waals surface area contributed by atoms with E-state index < -0.39 is 0 Å². The molecule has 0 aliphatic carbocycles. The number of benzene rings is 1. The Morgan fingerprint density at radius 3 is 2.92 bits per heavy atom. The minimum atomic E-state index is -0.249. The minimum absolute atomic E-state index is 0.140. The van der Waals surface area contributed by atoms with Crippen molar-refractivity contribution in [2.75, 3.05) is 0 Å². The summed E-state index contributed by atoms with van der Waals surface area (Å²) in [6.45, 7) is 4.95. The molecule has 2 aromatic heterocycles. The highest BCUT2D eigenvalue weighted by molar-refractivity contribution is 7.18. The maximum Gasteiger partial charge on any atom is 0.279 e. The number of fused-ring (bicyclic) bond motifs is 3. The Morgan fingerprint density at radius 2 is 2.19 bits per heavy atom. The van der Waals surface area contributed by atoms with Gasteiger partial charge < -0.3 is 4.74 Å². The third kappa shape index (κ3) is 3.05. The van der Waals surface area contributed by atoms with Gasteiger partial charge in [0.05, 0.1) is 24.1 Å². The zero-order valence-electron chi connectivity index (χ0n) is 14.4. The first kappa shape index (κ1) is 17.9. The van der Waals surface area contributed by atoms with Crippen LogP contribution >= 0.6 is 34.5 Å². The minimum Gasteiger partial charge on any atom is -0.369 e. The fraction of sp³-hybridized carbons (Fsp3) is 0.389. The summed E-state index contributed by atoms with van der Waals surface area (Å²) < 4.78 is 7.35. The van der Waals surface area contributed by atoms with Gasteiger partial charge >= 0.3 is 0 Å². The molecular weight excluding hydrogens is 393 g/mol. The van der Waals surface area contributed by atoms with Gasteiger partial charge in [-0.3, -0.25) is 4.79 Å². The van der Waals surface area contributed by atoms with Crippen LogP contribution in [0, 0.1) is 0 Å². The molecular formula is C18H17Cl2N3O2S. The SMILES string of the molecule is CC[C@@]1(C)Cc2c(sc3nnn(Cc4ccc(Cl)cc4Cl)c(=O)c23)CO1. The Kier molecular flexibility index (Phi) is 4.55. The van der Waals surface area contributed by atoms with Crippen LogP contribution in [0.1, 0.15) is 36.3 Å². The van der Waals surface area contributed by atoms with Crippen molar-refractivity contribution in [3.05, 3.63) is 54.6 Å². The number of hydrogen-bond donors (Lipinski definition) is 0. The molecule has 0 fully saturated rings. The number of rotatable bonds is 3. The highest BCUT2D eigenvalue weighted by Gasteiger charge is 2.33. The molecule has 3 aromatic rings. The van der Waals surface area contributed by atoms with E-state index in [0.29, 0.717) is 33.3 Å². The highest BCUT2D eigenvalue weighted by Crippen LogP contribution is 2.37. The summed E-state index contributed by atoms with van der Waals surface area (Å²) in [4.78, 5) is 14.8. The van der Waals surface area contributed by atoms with Crippen molar-refractivity contribution in [3.8, 4) is 0 Å². The third-order valence-corrected chi connectivity index (χ3v) is 6.63. The third-order valence-electron chi connectivity index (χ3n) is 4.95. The van der Waals surface area contributed by atoms with Crippen LogP contribution in [0.15, 0.2) is 23.0 Å². The molecule has 26 heavy (non-hydrogen) atoms. The number of hydrogen-bond acceptors (Lipinski definition) is 5. The summed E-state index contributed by atoms with van der Waals surface area (Å²) in [7, 11) is 0. The number of thiophene rings is 1. The molecule has 0 saturated heterocycles. The van der Waals surface area contributed by atoms with E-state index in [1.807, 2.05) is 0 Å². The van der Waals surface area contributed by atoms with E-state index in [2.05, 4.69) is 24.2 Å². The van der Waals surface area contributed by atoms with Crippen LogP contribution in [0.5, 0.6) is 0 Å². The molecule has 0 radical (unpaired) electrons. The van der Waals surface area contributed by atoms with E-state index in [9.17, 15) is 4.79 Å². The standard InChI is InChI=1S/C18H17Cl2N3O2S/c1-3-18(2)7-12-14(9-25-18)26-16-15(12)17(24)23(22-21-16)8-10-4-5-11(19)6-13(10)20/h4-6H,3,7-9H2,1-2H3/t18-/m0/s1. The van der Waals surface area contributed by atoms with Gasteiger partial charge in [-0.15, -0.1) is 16.4 Å². The molecule has 0 unspecified atom stereocenters. The molecule has 0 saturated carbocycles. The zero-order chi connectivity index (χ0) is 18.5. The van der Waals surface area contributed by atoms with Crippen molar-refractivity contribution < 1.29 is 4.74 Å². The van der Waals surface area contributed by atoms with E-state index in [1.54, 1.807) is 18.2 Å². The van der Waals surface area contributed by atoms with Crippen LogP contribution in [0.4, 0.5) is 0 Å². The lowest BCUT2D eigenvalue weighted by atomic mass is 9.90. The summed E-state index contributed by atoms with van der Waals surface area (Å²) in [5.74, 6) is 0. The van der Waals surface area contributed by atoms with Gasteiger partial charge in [0.25, 0.3) is 5.56 Å². The topological polar surface area (TPSA) is 57.0 Å². The molecule has 136 valence electrons. The molecule has 1 aliphatic rings. The predicted molar refractivity (Wildman–Crippen MR) is 104 cm³/mol. The molecule has 5 nitrogen and oxygen atoms in total. The summed E-state index contributed by atoms with van der Waals surface area (Å²) in [5.41, 5.74) is 1.44. The first-order valence-corrected chi connectivity index (χ1v) is 9.93. The van der Waals surface area contributed by atoms with Gasteiger partial charge in [-0.1, -0.05) is 41.4 Å². The van der Waals surface area contributed by atoms with Crippen molar-refractivity contribution in [2.24, 2.45) is 0 Å². The lowest BCUT2D eigenvalue weighted by Gasteiger charge is -2.32. The summed E-state index contributed by atoms with van der Waals surface area (Å²) >= 11 is 13.7. The number of aromatic nitrogens is 3. The molecule has 1 aliphatic heterocycles. The molecule has 1 aromatic carbocycles. The second-order valence-electron chi connectivity index (χ2n) is 6.74. The maximum atomic E-state index is 13.1. The predicted octanol–water partition coefficient (Wildman–Crippen LogP) is 4.45. The largest absolute Gasteiger partial charge is 0.369 e. The van der Waals surface area contributed by atoms with Gasteiger partial charge in [-0.2, -0.15) is 0 Å².